The fourth-order valence-corrected chi connectivity index (χ4v) is 10.6. The van der Waals surface area contributed by atoms with Gasteiger partial charge in [0.25, 0.3) is 0 Å². The summed E-state index contributed by atoms with van der Waals surface area (Å²) in [5.41, 5.74) is 0.558. The average molecular weight is 419 g/mol. The predicted molar refractivity (Wildman–Crippen MR) is 111 cm³/mol. The van der Waals surface area contributed by atoms with Gasteiger partial charge in [0.05, 0.1) is 12.5 Å². The van der Waals surface area contributed by atoms with Crippen LogP contribution in [0.15, 0.2) is 0 Å². The second kappa shape index (κ2) is 6.24. The van der Waals surface area contributed by atoms with Gasteiger partial charge in [-0.05, 0) is 123 Å². The van der Waals surface area contributed by atoms with Crippen molar-refractivity contribution in [2.24, 2.45) is 51.8 Å². The molecule has 0 N–H and O–H groups in total. The molecule has 6 aliphatic carbocycles. The number of fused-ring (bicyclic) bond motifs is 5. The van der Waals surface area contributed by atoms with Crippen molar-refractivity contribution in [1.29, 1.82) is 0 Å². The number of esters is 1. The van der Waals surface area contributed by atoms with Crippen LogP contribution in [0.4, 0.5) is 0 Å². The Morgan fingerprint density at radius 1 is 0.897 bits per heavy atom. The highest BCUT2D eigenvalue weighted by Crippen LogP contribution is 2.78. The summed E-state index contributed by atoms with van der Waals surface area (Å²) in [5.74, 6) is 3.69. The number of hydrogen-bond acceptors (Lipinski definition) is 3. The van der Waals surface area contributed by atoms with Crippen LogP contribution in [0.5, 0.6) is 0 Å². The molecule has 3 nitrogen and oxygen atoms in total. The summed E-state index contributed by atoms with van der Waals surface area (Å²) in [7, 11) is 1.60. The maximum Gasteiger partial charge on any atom is 0.312 e. The van der Waals surface area contributed by atoms with Crippen molar-refractivity contribution in [1.82, 2.24) is 0 Å². The Morgan fingerprint density at radius 3 is 2.41 bits per heavy atom. The molecule has 6 bridgehead atoms. The molecule has 0 amide bonds. The molecule has 6 fully saturated rings. The van der Waals surface area contributed by atoms with Crippen molar-refractivity contribution >= 4 is 22.8 Å². The van der Waals surface area contributed by atoms with E-state index in [4.69, 9.17) is 16.3 Å². The quantitative estimate of drug-likeness (QED) is 0.434. The third-order valence-electron chi connectivity index (χ3n) is 11.1. The molecule has 9 atom stereocenters. The summed E-state index contributed by atoms with van der Waals surface area (Å²) in [4.78, 5) is 25.2. The lowest BCUT2D eigenvalue weighted by molar-refractivity contribution is -0.156. The van der Waals surface area contributed by atoms with Crippen LogP contribution in [0.2, 0.25) is 0 Å². The summed E-state index contributed by atoms with van der Waals surface area (Å²) >= 11 is 5.99. The summed E-state index contributed by atoms with van der Waals surface area (Å²) in [6, 6.07) is 0. The zero-order chi connectivity index (χ0) is 20.0. The number of ether oxygens (including phenoxy) is 1. The van der Waals surface area contributed by atoms with Crippen molar-refractivity contribution < 1.29 is 14.3 Å². The number of carbonyl (C=O) groups is 2. The molecule has 0 spiro atoms. The van der Waals surface area contributed by atoms with Crippen LogP contribution in [0.3, 0.4) is 0 Å². The van der Waals surface area contributed by atoms with Gasteiger partial charge in [-0.15, -0.1) is 0 Å². The average Bonchev–Trinajstić information content (AvgIpc) is 2.97. The maximum atomic E-state index is 13.2. The first-order valence-electron chi connectivity index (χ1n) is 12.2. The van der Waals surface area contributed by atoms with Crippen molar-refractivity contribution in [2.45, 2.75) is 83.5 Å². The summed E-state index contributed by atoms with van der Waals surface area (Å²) in [5, 5.41) is -0.0917. The summed E-state index contributed by atoms with van der Waals surface area (Å²) < 4.78 is 5.45. The van der Waals surface area contributed by atoms with E-state index in [1.165, 1.54) is 57.8 Å². The number of methoxy groups -OCH3 is 1. The molecule has 0 aromatic rings. The van der Waals surface area contributed by atoms with Crippen molar-refractivity contribution in [3.63, 3.8) is 0 Å². The minimum atomic E-state index is -0.200. The van der Waals surface area contributed by atoms with Crippen molar-refractivity contribution in [2.75, 3.05) is 7.11 Å². The van der Waals surface area contributed by atoms with Crippen LogP contribution < -0.4 is 0 Å². The van der Waals surface area contributed by atoms with Gasteiger partial charge >= 0.3 is 5.97 Å². The Hall–Kier alpha value is -0.570. The zero-order valence-electron chi connectivity index (χ0n) is 17.8. The molecule has 9 unspecified atom stereocenters. The minimum Gasteiger partial charge on any atom is -0.469 e. The first-order chi connectivity index (χ1) is 13.9. The van der Waals surface area contributed by atoms with Gasteiger partial charge in [0, 0.05) is 5.92 Å². The van der Waals surface area contributed by atoms with Gasteiger partial charge in [0.1, 0.15) is 0 Å². The van der Waals surface area contributed by atoms with E-state index in [0.29, 0.717) is 28.6 Å². The molecule has 0 saturated heterocycles. The molecule has 0 aromatic carbocycles. The molecule has 29 heavy (non-hydrogen) atoms. The molecule has 6 rings (SSSR count). The van der Waals surface area contributed by atoms with E-state index in [9.17, 15) is 9.59 Å². The highest BCUT2D eigenvalue weighted by atomic mass is 35.5. The monoisotopic (exact) mass is 418 g/mol. The van der Waals surface area contributed by atoms with Crippen molar-refractivity contribution in [3.05, 3.63) is 0 Å². The topological polar surface area (TPSA) is 43.4 Å². The largest absolute Gasteiger partial charge is 0.469 e. The molecular formula is C25H35ClO3. The van der Waals surface area contributed by atoms with Gasteiger partial charge in [0.15, 0.2) is 0 Å². The Balaban J connectivity index is 1.39. The zero-order valence-corrected chi connectivity index (χ0v) is 18.5. The van der Waals surface area contributed by atoms with Crippen LogP contribution in [0.25, 0.3) is 0 Å². The maximum absolute atomic E-state index is 13.2. The van der Waals surface area contributed by atoms with Gasteiger partial charge < -0.3 is 4.74 Å². The second-order valence-electron chi connectivity index (χ2n) is 12.2. The lowest BCUT2D eigenvalue weighted by Gasteiger charge is -2.55. The molecular weight excluding hydrogens is 384 g/mol. The van der Waals surface area contributed by atoms with Gasteiger partial charge in [-0.2, -0.15) is 0 Å². The third-order valence-corrected chi connectivity index (χ3v) is 11.4. The predicted octanol–water partition coefficient (Wildman–Crippen LogP) is 5.73. The molecule has 0 heterocycles. The molecule has 160 valence electrons. The highest BCUT2D eigenvalue weighted by molar-refractivity contribution is 6.63. The molecule has 0 radical (unpaired) electrons. The van der Waals surface area contributed by atoms with Crippen LogP contribution in [0.1, 0.15) is 83.5 Å². The van der Waals surface area contributed by atoms with Gasteiger partial charge in [0.2, 0.25) is 5.24 Å². The van der Waals surface area contributed by atoms with Crippen LogP contribution in [-0.4, -0.2) is 18.3 Å². The number of rotatable bonds is 3. The number of carbonyl (C=O) groups excluding carboxylic acids is 2. The standard InChI is InChI=1S/C25H35ClO3/c1-29-22(28)25-4-2-3-15-7-20(25)13-24(9-15,14-25)23-10-16-5-17(21(26)27)8-19(12-23)18(6-16)11-23/h15-20H,2-14H2,1H3. The lowest BCUT2D eigenvalue weighted by Crippen LogP contribution is -2.46. The van der Waals surface area contributed by atoms with Gasteiger partial charge in [-0.25, -0.2) is 0 Å². The van der Waals surface area contributed by atoms with Gasteiger partial charge in [-0.3, -0.25) is 9.59 Å². The third kappa shape index (κ3) is 2.49. The van der Waals surface area contributed by atoms with E-state index < -0.39 is 0 Å². The Labute approximate surface area is 179 Å². The molecule has 0 aliphatic heterocycles. The van der Waals surface area contributed by atoms with E-state index in [2.05, 4.69) is 0 Å². The highest BCUT2D eigenvalue weighted by Gasteiger charge is 2.71. The van der Waals surface area contributed by atoms with Crippen LogP contribution in [-0.2, 0) is 14.3 Å². The normalized spacial score (nSPS) is 54.8. The van der Waals surface area contributed by atoms with E-state index >= 15 is 0 Å². The smallest absolute Gasteiger partial charge is 0.312 e. The number of hydrogen-bond donors (Lipinski definition) is 0. The summed E-state index contributed by atoms with van der Waals surface area (Å²) in [6.45, 7) is 0. The summed E-state index contributed by atoms with van der Waals surface area (Å²) in [6.07, 6.45) is 15.8. The van der Waals surface area contributed by atoms with Gasteiger partial charge in [-0.1, -0.05) is 12.8 Å². The fourth-order valence-electron chi connectivity index (χ4n) is 10.5. The molecule has 0 aromatic heterocycles. The Morgan fingerprint density at radius 2 is 1.66 bits per heavy atom. The first-order valence-corrected chi connectivity index (χ1v) is 12.5. The van der Waals surface area contributed by atoms with Crippen molar-refractivity contribution in [3.8, 4) is 0 Å². The minimum absolute atomic E-state index is 0.0914. The Bertz CT molecular complexity index is 746. The number of halogens is 1. The van der Waals surface area contributed by atoms with E-state index in [0.717, 1.165) is 37.5 Å². The SMILES string of the molecule is COC(=O)C12CCCC3CC1CC(C14CC5CC(C(=O)Cl)CC(C1)C(C5)C4)(C3)C2. The second-order valence-corrected chi connectivity index (χ2v) is 12.6. The molecule has 6 aliphatic rings. The van der Waals surface area contributed by atoms with Crippen LogP contribution >= 0.6 is 11.6 Å². The first kappa shape index (κ1) is 19.1. The lowest BCUT2D eigenvalue weighted by atomic mass is 9.50. The van der Waals surface area contributed by atoms with E-state index in [1.54, 1.807) is 7.11 Å². The fraction of sp³-hybridized carbons (Fsp3) is 0.920. The molecule has 4 heteroatoms. The molecule has 6 saturated carbocycles. The van der Waals surface area contributed by atoms with E-state index in [-0.39, 0.29) is 22.5 Å². The van der Waals surface area contributed by atoms with Crippen LogP contribution in [0, 0.1) is 51.8 Å². The Kier molecular flexibility index (Phi) is 4.12. The van der Waals surface area contributed by atoms with E-state index in [1.807, 2.05) is 0 Å².